The third-order valence-electron chi connectivity index (χ3n) is 3.33. The number of amides is 1. The lowest BCUT2D eigenvalue weighted by atomic mass is 10.2. The normalized spacial score (nSPS) is 10.9. The predicted octanol–water partition coefficient (Wildman–Crippen LogP) is 3.51. The maximum absolute atomic E-state index is 11.5. The van der Waals surface area contributed by atoms with Crippen molar-refractivity contribution in [1.82, 2.24) is 15.0 Å². The number of rotatable bonds is 3. The van der Waals surface area contributed by atoms with E-state index in [-0.39, 0.29) is 5.69 Å². The van der Waals surface area contributed by atoms with Gasteiger partial charge in [0.2, 0.25) is 0 Å². The Balaban J connectivity index is 1.99. The molecule has 0 saturated carbocycles. The van der Waals surface area contributed by atoms with E-state index in [9.17, 15) is 4.79 Å². The van der Waals surface area contributed by atoms with Gasteiger partial charge in [-0.1, -0.05) is 29.3 Å². The summed E-state index contributed by atoms with van der Waals surface area (Å²) in [4.78, 5) is 15.5. The zero-order valence-corrected chi connectivity index (χ0v) is 12.8. The molecule has 3 rings (SSSR count). The number of hydroxylamine groups is 1. The second-order valence-electron chi connectivity index (χ2n) is 4.76. The molecule has 0 spiro atoms. The summed E-state index contributed by atoms with van der Waals surface area (Å²) in [7, 11) is 0. The van der Waals surface area contributed by atoms with Crippen molar-refractivity contribution in [3.8, 4) is 0 Å². The van der Waals surface area contributed by atoms with Gasteiger partial charge in [-0.15, -0.1) is 0 Å². The first-order valence-electron chi connectivity index (χ1n) is 6.42. The fourth-order valence-corrected chi connectivity index (χ4v) is 2.56. The van der Waals surface area contributed by atoms with Gasteiger partial charge in [0.05, 0.1) is 15.6 Å². The summed E-state index contributed by atoms with van der Waals surface area (Å²) >= 11 is 11.9. The average molecular weight is 336 g/mol. The minimum absolute atomic E-state index is 0.143. The van der Waals surface area contributed by atoms with E-state index in [1.165, 1.54) is 0 Å². The molecule has 2 N–H and O–H groups in total. The van der Waals surface area contributed by atoms with Gasteiger partial charge >= 0.3 is 0 Å². The van der Waals surface area contributed by atoms with Gasteiger partial charge < -0.3 is 4.57 Å². The summed E-state index contributed by atoms with van der Waals surface area (Å²) in [6.07, 6.45) is 3.49. The third-order valence-corrected chi connectivity index (χ3v) is 4.07. The minimum atomic E-state index is -0.649. The number of nitrogens with zero attached hydrogens (tertiary/aromatic N) is 2. The van der Waals surface area contributed by atoms with Crippen LogP contribution in [0.2, 0.25) is 10.0 Å². The molecule has 0 saturated heterocycles. The largest absolute Gasteiger partial charge is 0.343 e. The van der Waals surface area contributed by atoms with Gasteiger partial charge in [-0.25, -0.2) is 5.48 Å². The van der Waals surface area contributed by atoms with E-state index in [1.54, 1.807) is 29.9 Å². The van der Waals surface area contributed by atoms with Crippen LogP contribution in [0.5, 0.6) is 0 Å². The second kappa shape index (κ2) is 5.96. The number of carbonyl (C=O) groups is 1. The van der Waals surface area contributed by atoms with Gasteiger partial charge in [0, 0.05) is 24.3 Å². The minimum Gasteiger partial charge on any atom is -0.343 e. The van der Waals surface area contributed by atoms with Crippen LogP contribution in [0.4, 0.5) is 0 Å². The molecule has 0 unspecified atom stereocenters. The quantitative estimate of drug-likeness (QED) is 0.568. The average Bonchev–Trinajstić information content (AvgIpc) is 2.92. The molecule has 2 heterocycles. The highest BCUT2D eigenvalue weighted by Crippen LogP contribution is 2.24. The Morgan fingerprint density at radius 3 is 2.77 bits per heavy atom. The molecule has 0 atom stereocenters. The Morgan fingerprint density at radius 1 is 1.23 bits per heavy atom. The zero-order chi connectivity index (χ0) is 15.7. The number of benzene rings is 1. The number of aromatic nitrogens is 2. The van der Waals surface area contributed by atoms with Gasteiger partial charge in [0.1, 0.15) is 5.69 Å². The van der Waals surface area contributed by atoms with E-state index in [0.717, 1.165) is 16.5 Å². The molecule has 5 nitrogen and oxygen atoms in total. The molecular weight excluding hydrogens is 325 g/mol. The molecular formula is C15H11Cl2N3O2. The van der Waals surface area contributed by atoms with Crippen molar-refractivity contribution in [1.29, 1.82) is 0 Å². The Bertz CT molecular complexity index is 861. The third kappa shape index (κ3) is 2.78. The summed E-state index contributed by atoms with van der Waals surface area (Å²) in [5, 5.41) is 10.6. The van der Waals surface area contributed by atoms with Crippen molar-refractivity contribution in [2.45, 2.75) is 6.54 Å². The van der Waals surface area contributed by atoms with Crippen molar-refractivity contribution >= 4 is 40.0 Å². The summed E-state index contributed by atoms with van der Waals surface area (Å²) in [5.41, 5.74) is 3.54. The van der Waals surface area contributed by atoms with Crippen molar-refractivity contribution in [2.75, 3.05) is 0 Å². The van der Waals surface area contributed by atoms with Crippen LogP contribution in [0.3, 0.4) is 0 Å². The van der Waals surface area contributed by atoms with Crippen LogP contribution in [-0.2, 0) is 6.54 Å². The molecule has 3 aromatic rings. The molecule has 0 fully saturated rings. The van der Waals surface area contributed by atoms with Gasteiger partial charge in [-0.05, 0) is 29.8 Å². The van der Waals surface area contributed by atoms with E-state index >= 15 is 0 Å². The van der Waals surface area contributed by atoms with E-state index in [1.807, 2.05) is 22.9 Å². The fourth-order valence-electron chi connectivity index (χ4n) is 2.24. The standard InChI is InChI=1S/C15H11Cl2N3O2/c16-11-2-1-9(5-12(11)17)8-20-4-3-10-7-18-13(6-14(10)20)15(21)19-22/h1-7,22H,8H2,(H,19,21). The van der Waals surface area contributed by atoms with Crippen LogP contribution in [-0.4, -0.2) is 20.7 Å². The van der Waals surface area contributed by atoms with Crippen LogP contribution in [0.1, 0.15) is 16.1 Å². The summed E-state index contributed by atoms with van der Waals surface area (Å²) in [5.74, 6) is -0.649. The van der Waals surface area contributed by atoms with Crippen LogP contribution < -0.4 is 5.48 Å². The van der Waals surface area contributed by atoms with Gasteiger partial charge in [0.15, 0.2) is 0 Å². The van der Waals surface area contributed by atoms with Crippen LogP contribution in [0, 0.1) is 0 Å². The van der Waals surface area contributed by atoms with Crippen molar-refractivity contribution in [2.24, 2.45) is 0 Å². The first-order chi connectivity index (χ1) is 10.6. The molecule has 112 valence electrons. The topological polar surface area (TPSA) is 67.2 Å². The Morgan fingerprint density at radius 2 is 2.05 bits per heavy atom. The maximum atomic E-state index is 11.5. The second-order valence-corrected chi connectivity index (χ2v) is 5.58. The molecule has 0 radical (unpaired) electrons. The summed E-state index contributed by atoms with van der Waals surface area (Å²) in [6, 6.07) is 8.97. The first kappa shape index (κ1) is 14.8. The van der Waals surface area contributed by atoms with E-state index in [2.05, 4.69) is 4.98 Å². The molecule has 0 bridgehead atoms. The molecule has 7 heteroatoms. The van der Waals surface area contributed by atoms with Gasteiger partial charge in [0.25, 0.3) is 5.91 Å². The van der Waals surface area contributed by atoms with Crippen LogP contribution in [0.15, 0.2) is 42.7 Å². The first-order valence-corrected chi connectivity index (χ1v) is 7.17. The van der Waals surface area contributed by atoms with Crippen LogP contribution >= 0.6 is 23.2 Å². The molecule has 0 aliphatic heterocycles. The Hall–Kier alpha value is -2.08. The SMILES string of the molecule is O=C(NO)c1cc2c(ccn2Cc2ccc(Cl)c(Cl)c2)cn1. The highest BCUT2D eigenvalue weighted by molar-refractivity contribution is 6.42. The van der Waals surface area contributed by atoms with Gasteiger partial charge in [-0.3, -0.25) is 15.0 Å². The Labute approximate surface area is 136 Å². The summed E-state index contributed by atoms with van der Waals surface area (Å²) in [6.45, 7) is 0.574. The number of nitrogens with one attached hydrogen (secondary N) is 1. The van der Waals surface area contributed by atoms with Crippen molar-refractivity contribution in [3.63, 3.8) is 0 Å². The number of carbonyl (C=O) groups excluding carboxylic acids is 1. The zero-order valence-electron chi connectivity index (χ0n) is 11.3. The number of pyridine rings is 1. The van der Waals surface area contributed by atoms with Gasteiger partial charge in [-0.2, -0.15) is 0 Å². The smallest absolute Gasteiger partial charge is 0.293 e. The molecule has 1 aromatic carbocycles. The van der Waals surface area contributed by atoms with Crippen LogP contribution in [0.25, 0.3) is 10.9 Å². The molecule has 2 aromatic heterocycles. The van der Waals surface area contributed by atoms with E-state index in [0.29, 0.717) is 16.6 Å². The summed E-state index contributed by atoms with van der Waals surface area (Å²) < 4.78 is 1.96. The molecule has 0 aliphatic rings. The lowest BCUT2D eigenvalue weighted by Gasteiger charge is -2.07. The number of fused-ring (bicyclic) bond motifs is 1. The van der Waals surface area contributed by atoms with Crippen molar-refractivity contribution in [3.05, 3.63) is 64.0 Å². The molecule has 22 heavy (non-hydrogen) atoms. The Kier molecular flexibility index (Phi) is 4.02. The number of hydrogen-bond acceptors (Lipinski definition) is 3. The fraction of sp³-hybridized carbons (Fsp3) is 0.0667. The molecule has 0 aliphatic carbocycles. The number of halogens is 2. The molecule has 1 amide bonds. The van der Waals surface area contributed by atoms with E-state index < -0.39 is 5.91 Å². The maximum Gasteiger partial charge on any atom is 0.293 e. The van der Waals surface area contributed by atoms with E-state index in [4.69, 9.17) is 28.4 Å². The lowest BCUT2D eigenvalue weighted by Crippen LogP contribution is -2.19. The monoisotopic (exact) mass is 335 g/mol. The highest BCUT2D eigenvalue weighted by atomic mass is 35.5. The number of hydrogen-bond donors (Lipinski definition) is 2. The predicted molar refractivity (Wildman–Crippen MR) is 84.5 cm³/mol. The van der Waals surface area contributed by atoms with Crippen molar-refractivity contribution < 1.29 is 10.0 Å². The lowest BCUT2D eigenvalue weighted by molar-refractivity contribution is 0.0701. The highest BCUT2D eigenvalue weighted by Gasteiger charge is 2.10.